The number of ether oxygens (including phenoxy) is 2. The Balaban J connectivity index is 2.00. The van der Waals surface area contributed by atoms with Gasteiger partial charge >= 0.3 is 0 Å². The molecule has 40 heavy (non-hydrogen) atoms. The number of benzene rings is 3. The minimum absolute atomic E-state index is 0.0447. The van der Waals surface area contributed by atoms with Gasteiger partial charge in [0.2, 0.25) is 11.8 Å². The highest BCUT2D eigenvalue weighted by atomic mass is 32.2. The summed E-state index contributed by atoms with van der Waals surface area (Å²) in [5, 5.41) is 2.88. The molecule has 0 saturated carbocycles. The SMILES string of the molecule is CCCCNC(=O)[C@H](C)N(Cc1cccc(OC)c1)C(=O)CN(c1ccc(OC)cc1)S(=O)(=O)c1ccccc1. The van der Waals surface area contributed by atoms with Crippen molar-refractivity contribution >= 4 is 27.5 Å². The molecule has 0 radical (unpaired) electrons. The number of carbonyl (C=O) groups is 2. The fraction of sp³-hybridized carbons (Fsp3) is 0.333. The van der Waals surface area contributed by atoms with Crippen molar-refractivity contribution in [2.45, 2.75) is 44.2 Å². The minimum atomic E-state index is -4.12. The summed E-state index contributed by atoms with van der Waals surface area (Å²) in [6.07, 6.45) is 1.72. The van der Waals surface area contributed by atoms with Crippen molar-refractivity contribution < 1.29 is 27.5 Å². The second-order valence-corrected chi connectivity index (χ2v) is 11.1. The number of anilines is 1. The maximum Gasteiger partial charge on any atom is 0.264 e. The second kappa shape index (κ2) is 14.4. The van der Waals surface area contributed by atoms with Gasteiger partial charge in [-0.2, -0.15) is 0 Å². The van der Waals surface area contributed by atoms with Gasteiger partial charge in [0.05, 0.1) is 24.8 Å². The average Bonchev–Trinajstić information content (AvgIpc) is 2.98. The molecule has 214 valence electrons. The topological polar surface area (TPSA) is 105 Å². The predicted molar refractivity (Wildman–Crippen MR) is 155 cm³/mol. The zero-order chi connectivity index (χ0) is 29.1. The molecular weight excluding hydrogens is 530 g/mol. The summed E-state index contributed by atoms with van der Waals surface area (Å²) in [6, 6.07) is 20.7. The maximum atomic E-state index is 13.9. The first-order chi connectivity index (χ1) is 19.2. The standard InChI is InChI=1S/C30H37N3O6S/c1-5-6-19-31-30(35)23(2)32(21-24-11-10-12-27(20-24)39-4)29(34)22-33(25-15-17-26(38-3)18-16-25)40(36,37)28-13-8-7-9-14-28/h7-18,20,23H,5-6,19,21-22H2,1-4H3,(H,31,35)/t23-/m0/s1. The Bertz CT molecular complexity index is 1360. The third-order valence-electron chi connectivity index (χ3n) is 6.45. The summed E-state index contributed by atoms with van der Waals surface area (Å²) in [7, 11) is -1.06. The Morgan fingerprint density at radius 2 is 1.57 bits per heavy atom. The van der Waals surface area contributed by atoms with Gasteiger partial charge in [-0.05, 0) is 67.4 Å². The quantitative estimate of drug-likeness (QED) is 0.292. The van der Waals surface area contributed by atoms with Crippen molar-refractivity contribution in [2.24, 2.45) is 0 Å². The number of methoxy groups -OCH3 is 2. The first-order valence-electron chi connectivity index (χ1n) is 13.1. The molecule has 0 bridgehead atoms. The molecule has 1 N–H and O–H groups in total. The molecule has 0 fully saturated rings. The van der Waals surface area contributed by atoms with E-state index in [9.17, 15) is 18.0 Å². The molecule has 3 rings (SSSR count). The number of carbonyl (C=O) groups excluding carboxylic acids is 2. The number of hydrogen-bond donors (Lipinski definition) is 1. The highest BCUT2D eigenvalue weighted by Gasteiger charge is 2.32. The molecule has 0 heterocycles. The van der Waals surface area contributed by atoms with Gasteiger partial charge in [-0.15, -0.1) is 0 Å². The molecule has 10 heteroatoms. The number of nitrogens with zero attached hydrogens (tertiary/aromatic N) is 2. The largest absolute Gasteiger partial charge is 0.497 e. The summed E-state index contributed by atoms with van der Waals surface area (Å²) in [6.45, 7) is 3.72. The zero-order valence-corrected chi connectivity index (χ0v) is 24.2. The fourth-order valence-electron chi connectivity index (χ4n) is 4.08. The Hall–Kier alpha value is -4.05. The van der Waals surface area contributed by atoms with Crippen LogP contribution in [0.4, 0.5) is 5.69 Å². The van der Waals surface area contributed by atoms with Crippen LogP contribution in [0.25, 0.3) is 0 Å². The van der Waals surface area contributed by atoms with E-state index in [4.69, 9.17) is 9.47 Å². The van der Waals surface area contributed by atoms with Crippen LogP contribution >= 0.6 is 0 Å². The van der Waals surface area contributed by atoms with Gasteiger partial charge in [0.15, 0.2) is 0 Å². The van der Waals surface area contributed by atoms with Crippen molar-refractivity contribution in [1.29, 1.82) is 0 Å². The van der Waals surface area contributed by atoms with Gasteiger partial charge in [-0.1, -0.05) is 43.7 Å². The first kappa shape index (κ1) is 30.5. The van der Waals surface area contributed by atoms with Crippen LogP contribution in [-0.2, 0) is 26.2 Å². The number of sulfonamides is 1. The normalized spacial score (nSPS) is 11.8. The van der Waals surface area contributed by atoms with Gasteiger partial charge in [0.1, 0.15) is 24.1 Å². The van der Waals surface area contributed by atoms with Crippen molar-refractivity contribution in [3.63, 3.8) is 0 Å². The van der Waals surface area contributed by atoms with Crippen molar-refractivity contribution in [3.05, 3.63) is 84.4 Å². The van der Waals surface area contributed by atoms with Crippen LogP contribution in [0.2, 0.25) is 0 Å². The van der Waals surface area contributed by atoms with Crippen LogP contribution in [-0.4, -0.2) is 58.5 Å². The van der Waals surface area contributed by atoms with Crippen molar-refractivity contribution in [1.82, 2.24) is 10.2 Å². The van der Waals surface area contributed by atoms with Crippen LogP contribution in [0.1, 0.15) is 32.3 Å². The van der Waals surface area contributed by atoms with Crippen LogP contribution in [0.3, 0.4) is 0 Å². The lowest BCUT2D eigenvalue weighted by atomic mass is 10.1. The number of unbranched alkanes of at least 4 members (excludes halogenated alkanes) is 1. The van der Waals surface area contributed by atoms with E-state index in [1.54, 1.807) is 74.7 Å². The van der Waals surface area contributed by atoms with E-state index in [1.807, 2.05) is 13.0 Å². The molecule has 0 unspecified atom stereocenters. The third kappa shape index (κ3) is 7.75. The van der Waals surface area contributed by atoms with Crippen LogP contribution in [0, 0.1) is 0 Å². The lowest BCUT2D eigenvalue weighted by Gasteiger charge is -2.32. The molecule has 0 spiro atoms. The van der Waals surface area contributed by atoms with Gasteiger partial charge in [0, 0.05) is 13.1 Å². The van der Waals surface area contributed by atoms with Gasteiger partial charge < -0.3 is 19.7 Å². The molecule has 3 aromatic carbocycles. The average molecular weight is 568 g/mol. The minimum Gasteiger partial charge on any atom is -0.497 e. The molecular formula is C30H37N3O6S. The van der Waals surface area contributed by atoms with E-state index < -0.39 is 28.5 Å². The molecule has 1 atom stereocenters. The predicted octanol–water partition coefficient (Wildman–Crippen LogP) is 4.23. The smallest absolute Gasteiger partial charge is 0.264 e. The Kier molecular flexibility index (Phi) is 11.0. The van der Waals surface area contributed by atoms with Crippen molar-refractivity contribution in [2.75, 3.05) is 31.6 Å². The highest BCUT2D eigenvalue weighted by molar-refractivity contribution is 7.92. The number of amides is 2. The maximum absolute atomic E-state index is 13.9. The summed E-state index contributed by atoms with van der Waals surface area (Å²) >= 11 is 0. The second-order valence-electron chi connectivity index (χ2n) is 9.22. The molecule has 0 aliphatic heterocycles. The van der Waals surface area contributed by atoms with Crippen LogP contribution in [0.15, 0.2) is 83.8 Å². The van der Waals surface area contributed by atoms with E-state index in [1.165, 1.54) is 24.1 Å². The molecule has 3 aromatic rings. The fourth-order valence-corrected chi connectivity index (χ4v) is 5.52. The number of nitrogens with one attached hydrogen (secondary N) is 1. The molecule has 2 amide bonds. The number of rotatable bonds is 14. The summed E-state index contributed by atoms with van der Waals surface area (Å²) < 4.78 is 39.2. The van der Waals surface area contributed by atoms with E-state index in [-0.39, 0.29) is 17.3 Å². The monoisotopic (exact) mass is 567 g/mol. The summed E-state index contributed by atoms with van der Waals surface area (Å²) in [5.41, 5.74) is 1.03. The molecule has 0 aromatic heterocycles. The highest BCUT2D eigenvalue weighted by Crippen LogP contribution is 2.26. The molecule has 0 aliphatic carbocycles. The van der Waals surface area contributed by atoms with E-state index in [2.05, 4.69) is 5.32 Å². The molecule has 0 aliphatic rings. The van der Waals surface area contributed by atoms with Crippen LogP contribution in [0.5, 0.6) is 11.5 Å². The lowest BCUT2D eigenvalue weighted by Crippen LogP contribution is -2.51. The van der Waals surface area contributed by atoms with E-state index in [0.29, 0.717) is 23.7 Å². The number of hydrogen-bond acceptors (Lipinski definition) is 6. The first-order valence-corrected chi connectivity index (χ1v) is 14.6. The van der Waals surface area contributed by atoms with Crippen LogP contribution < -0.4 is 19.1 Å². The summed E-state index contributed by atoms with van der Waals surface area (Å²) in [4.78, 5) is 28.4. The van der Waals surface area contributed by atoms with E-state index >= 15 is 0 Å². The third-order valence-corrected chi connectivity index (χ3v) is 8.24. The van der Waals surface area contributed by atoms with Gasteiger partial charge in [-0.25, -0.2) is 8.42 Å². The lowest BCUT2D eigenvalue weighted by molar-refractivity contribution is -0.139. The van der Waals surface area contributed by atoms with Crippen molar-refractivity contribution in [3.8, 4) is 11.5 Å². The van der Waals surface area contributed by atoms with Gasteiger partial charge in [0.25, 0.3) is 10.0 Å². The Labute approximate surface area is 236 Å². The molecule has 9 nitrogen and oxygen atoms in total. The Morgan fingerprint density at radius 3 is 2.20 bits per heavy atom. The summed E-state index contributed by atoms with van der Waals surface area (Å²) in [5.74, 6) is 0.309. The zero-order valence-electron chi connectivity index (χ0n) is 23.4. The van der Waals surface area contributed by atoms with E-state index in [0.717, 1.165) is 22.7 Å². The van der Waals surface area contributed by atoms with Gasteiger partial charge in [-0.3, -0.25) is 13.9 Å². The Morgan fingerprint density at radius 1 is 0.900 bits per heavy atom. The molecule has 0 saturated heterocycles.